The molecule has 1 saturated carbocycles. The Hall–Kier alpha value is -0.0400. The van der Waals surface area contributed by atoms with Gasteiger partial charge in [0.2, 0.25) is 0 Å². The summed E-state index contributed by atoms with van der Waals surface area (Å²) in [6.07, 6.45) is 8.42. The van der Waals surface area contributed by atoms with Gasteiger partial charge >= 0.3 is 0 Å². The highest BCUT2D eigenvalue weighted by Gasteiger charge is 2.32. The third kappa shape index (κ3) is 4.57. The van der Waals surface area contributed by atoms with Crippen molar-refractivity contribution in [1.82, 2.24) is 5.32 Å². The highest BCUT2D eigenvalue weighted by molar-refractivity contribution is 4.85. The van der Waals surface area contributed by atoms with Crippen molar-refractivity contribution in [2.45, 2.75) is 79.2 Å². The molecule has 2 atom stereocenters. The Labute approximate surface area is 115 Å². The summed E-state index contributed by atoms with van der Waals surface area (Å²) in [6.45, 7) is 11.9. The number of hydrogen-bond donors (Lipinski definition) is 1. The number of hydrogen-bond acceptors (Lipinski definition) is 1. The second-order valence-corrected chi connectivity index (χ2v) is 7.62. The molecular formula is C17H35N. The van der Waals surface area contributed by atoms with Gasteiger partial charge in [-0.25, -0.2) is 0 Å². The van der Waals surface area contributed by atoms with E-state index in [9.17, 15) is 0 Å². The first-order valence-corrected chi connectivity index (χ1v) is 8.05. The molecule has 0 amide bonds. The largest absolute Gasteiger partial charge is 0.317 e. The van der Waals surface area contributed by atoms with Crippen molar-refractivity contribution in [1.29, 1.82) is 0 Å². The van der Waals surface area contributed by atoms with E-state index in [1.54, 1.807) is 0 Å². The van der Waals surface area contributed by atoms with Crippen molar-refractivity contribution in [3.05, 3.63) is 0 Å². The van der Waals surface area contributed by atoms with E-state index < -0.39 is 0 Å². The summed E-state index contributed by atoms with van der Waals surface area (Å²) in [7, 11) is 2.16. The van der Waals surface area contributed by atoms with E-state index in [0.29, 0.717) is 5.41 Å². The van der Waals surface area contributed by atoms with Gasteiger partial charge in [0.1, 0.15) is 0 Å². The molecule has 0 aromatic rings. The van der Waals surface area contributed by atoms with Gasteiger partial charge in [0.15, 0.2) is 0 Å². The molecule has 1 aliphatic carbocycles. The topological polar surface area (TPSA) is 12.0 Å². The van der Waals surface area contributed by atoms with Crippen LogP contribution in [0.3, 0.4) is 0 Å². The van der Waals surface area contributed by atoms with Gasteiger partial charge in [0, 0.05) is 6.04 Å². The molecule has 0 aromatic carbocycles. The molecule has 1 N–H and O–H groups in total. The van der Waals surface area contributed by atoms with E-state index in [2.05, 4.69) is 47.0 Å². The SMILES string of the molecule is CCC(C)CC(NC)C1CCC(C(C)(C)C)CC1. The van der Waals surface area contributed by atoms with Crippen molar-refractivity contribution >= 4 is 0 Å². The van der Waals surface area contributed by atoms with Crippen molar-refractivity contribution in [3.63, 3.8) is 0 Å². The predicted molar refractivity (Wildman–Crippen MR) is 81.8 cm³/mol. The fraction of sp³-hybridized carbons (Fsp3) is 1.00. The molecule has 1 aliphatic rings. The summed E-state index contributed by atoms with van der Waals surface area (Å²) < 4.78 is 0. The molecule has 1 rings (SSSR count). The average molecular weight is 253 g/mol. The maximum Gasteiger partial charge on any atom is 0.00948 e. The van der Waals surface area contributed by atoms with Crippen LogP contribution >= 0.6 is 0 Å². The van der Waals surface area contributed by atoms with Crippen LogP contribution in [0.4, 0.5) is 0 Å². The van der Waals surface area contributed by atoms with Gasteiger partial charge in [-0.3, -0.25) is 0 Å². The Bertz CT molecular complexity index is 220. The van der Waals surface area contributed by atoms with E-state index in [4.69, 9.17) is 0 Å². The third-order valence-corrected chi connectivity index (χ3v) is 5.29. The van der Waals surface area contributed by atoms with Crippen LogP contribution in [0.25, 0.3) is 0 Å². The van der Waals surface area contributed by atoms with Crippen molar-refractivity contribution in [2.24, 2.45) is 23.2 Å². The summed E-state index contributed by atoms with van der Waals surface area (Å²) in [5.74, 6) is 2.72. The molecule has 2 unspecified atom stereocenters. The number of rotatable bonds is 5. The van der Waals surface area contributed by atoms with Gasteiger partial charge in [-0.1, -0.05) is 41.0 Å². The summed E-state index contributed by atoms with van der Waals surface area (Å²) in [5.41, 5.74) is 0.511. The van der Waals surface area contributed by atoms with Gasteiger partial charge in [0.25, 0.3) is 0 Å². The lowest BCUT2D eigenvalue weighted by molar-refractivity contribution is 0.128. The van der Waals surface area contributed by atoms with Crippen LogP contribution in [0.2, 0.25) is 0 Å². The van der Waals surface area contributed by atoms with E-state index in [-0.39, 0.29) is 0 Å². The van der Waals surface area contributed by atoms with Crippen LogP contribution in [0.5, 0.6) is 0 Å². The lowest BCUT2D eigenvalue weighted by Gasteiger charge is -2.40. The van der Waals surface area contributed by atoms with Gasteiger partial charge in [-0.2, -0.15) is 0 Å². The normalized spacial score (nSPS) is 29.0. The molecule has 1 nitrogen and oxygen atoms in total. The molecular weight excluding hydrogens is 218 g/mol. The molecule has 108 valence electrons. The summed E-state index contributed by atoms with van der Waals surface area (Å²) in [4.78, 5) is 0. The highest BCUT2D eigenvalue weighted by atomic mass is 14.9. The first kappa shape index (κ1) is 16.0. The zero-order valence-electron chi connectivity index (χ0n) is 13.6. The maximum absolute atomic E-state index is 3.59. The molecule has 0 aliphatic heterocycles. The molecule has 1 fully saturated rings. The van der Waals surface area contributed by atoms with Crippen LogP contribution in [-0.4, -0.2) is 13.1 Å². The Kier molecular flexibility index (Phi) is 6.17. The van der Waals surface area contributed by atoms with Crippen molar-refractivity contribution in [3.8, 4) is 0 Å². The minimum atomic E-state index is 0.511. The van der Waals surface area contributed by atoms with Gasteiger partial charge in [0.05, 0.1) is 0 Å². The zero-order valence-corrected chi connectivity index (χ0v) is 13.6. The fourth-order valence-corrected chi connectivity index (χ4v) is 3.53. The zero-order chi connectivity index (χ0) is 13.8. The predicted octanol–water partition coefficient (Wildman–Crippen LogP) is 4.86. The molecule has 0 saturated heterocycles. The molecule has 1 heteroatoms. The van der Waals surface area contributed by atoms with Crippen molar-refractivity contribution < 1.29 is 0 Å². The fourth-order valence-electron chi connectivity index (χ4n) is 3.53. The van der Waals surface area contributed by atoms with E-state index in [1.165, 1.54) is 38.5 Å². The second kappa shape index (κ2) is 6.93. The van der Waals surface area contributed by atoms with E-state index in [1.807, 2.05) is 0 Å². The van der Waals surface area contributed by atoms with Gasteiger partial charge in [-0.15, -0.1) is 0 Å². The molecule has 0 aromatic heterocycles. The molecule has 18 heavy (non-hydrogen) atoms. The second-order valence-electron chi connectivity index (χ2n) is 7.62. The highest BCUT2D eigenvalue weighted by Crippen LogP contribution is 2.41. The standard InChI is InChI=1S/C17H35N/c1-7-13(2)12-16(18-6)14-8-10-15(11-9-14)17(3,4)5/h13-16,18H,7-12H2,1-6H3. The molecule has 0 heterocycles. The monoisotopic (exact) mass is 253 g/mol. The summed E-state index contributed by atoms with van der Waals surface area (Å²) >= 11 is 0. The van der Waals surface area contributed by atoms with Crippen LogP contribution in [0.1, 0.15) is 73.1 Å². The third-order valence-electron chi connectivity index (χ3n) is 5.29. The molecule has 0 spiro atoms. The van der Waals surface area contributed by atoms with Crippen molar-refractivity contribution in [2.75, 3.05) is 7.05 Å². The summed E-state index contributed by atoms with van der Waals surface area (Å²) in [5, 5.41) is 3.59. The van der Waals surface area contributed by atoms with Crippen LogP contribution in [0.15, 0.2) is 0 Å². The Morgan fingerprint density at radius 2 is 1.67 bits per heavy atom. The quantitative estimate of drug-likeness (QED) is 0.737. The smallest absolute Gasteiger partial charge is 0.00948 e. The summed E-state index contributed by atoms with van der Waals surface area (Å²) in [6, 6.07) is 0.751. The van der Waals surface area contributed by atoms with Crippen LogP contribution in [-0.2, 0) is 0 Å². The van der Waals surface area contributed by atoms with Crippen LogP contribution < -0.4 is 5.32 Å². The van der Waals surface area contributed by atoms with E-state index >= 15 is 0 Å². The average Bonchev–Trinajstić information content (AvgIpc) is 2.34. The Morgan fingerprint density at radius 3 is 2.06 bits per heavy atom. The van der Waals surface area contributed by atoms with Crippen LogP contribution in [0, 0.1) is 23.2 Å². The lowest BCUT2D eigenvalue weighted by Crippen LogP contribution is -2.38. The molecule has 0 radical (unpaired) electrons. The molecule has 0 bridgehead atoms. The minimum Gasteiger partial charge on any atom is -0.317 e. The first-order chi connectivity index (χ1) is 8.38. The maximum atomic E-state index is 3.59. The Balaban J connectivity index is 2.45. The first-order valence-electron chi connectivity index (χ1n) is 8.05. The van der Waals surface area contributed by atoms with E-state index in [0.717, 1.165) is 23.8 Å². The Morgan fingerprint density at radius 1 is 1.11 bits per heavy atom. The van der Waals surface area contributed by atoms with Gasteiger partial charge < -0.3 is 5.32 Å². The number of nitrogens with one attached hydrogen (secondary N) is 1. The minimum absolute atomic E-state index is 0.511. The lowest BCUT2D eigenvalue weighted by atomic mass is 9.68. The van der Waals surface area contributed by atoms with Gasteiger partial charge in [-0.05, 0) is 62.3 Å².